The van der Waals surface area contributed by atoms with Gasteiger partial charge < -0.3 is 4.42 Å². The molecule has 0 saturated heterocycles. The fourth-order valence-corrected chi connectivity index (χ4v) is 3.94. The van der Waals surface area contributed by atoms with Crippen molar-refractivity contribution in [1.29, 1.82) is 0 Å². The Labute approximate surface area is 142 Å². The van der Waals surface area contributed by atoms with Crippen LogP contribution in [0.4, 0.5) is 0 Å². The molecule has 24 heavy (non-hydrogen) atoms. The minimum Gasteiger partial charge on any atom is -0.464 e. The van der Waals surface area contributed by atoms with Crippen LogP contribution in [-0.2, 0) is 16.6 Å². The third kappa shape index (κ3) is 3.30. The molecule has 0 spiro atoms. The summed E-state index contributed by atoms with van der Waals surface area (Å²) in [4.78, 5) is 11.6. The van der Waals surface area contributed by atoms with E-state index in [0.29, 0.717) is 23.2 Å². The lowest BCUT2D eigenvalue weighted by Crippen LogP contribution is -2.26. The molecule has 0 unspecified atom stereocenters. The molecule has 0 radical (unpaired) electrons. The Morgan fingerprint density at radius 3 is 2.62 bits per heavy atom. The molecular weight excluding hydrogens is 326 g/mol. The number of sulfonamides is 1. The van der Waals surface area contributed by atoms with Crippen molar-refractivity contribution in [3.8, 4) is 0 Å². The van der Waals surface area contributed by atoms with Gasteiger partial charge in [-0.25, -0.2) is 8.42 Å². The van der Waals surface area contributed by atoms with Gasteiger partial charge in [0.05, 0.1) is 11.4 Å². The molecule has 1 aromatic carbocycles. The average Bonchev–Trinajstić information content (AvgIpc) is 3.09. The summed E-state index contributed by atoms with van der Waals surface area (Å²) in [6.07, 6.45) is 1.12. The van der Waals surface area contributed by atoms with Crippen molar-refractivity contribution >= 4 is 15.8 Å². The van der Waals surface area contributed by atoms with Crippen molar-refractivity contribution in [3.63, 3.8) is 0 Å². The van der Waals surface area contributed by atoms with Crippen LogP contribution >= 0.6 is 0 Å². The highest BCUT2D eigenvalue weighted by atomic mass is 32.2. The Hall–Kier alpha value is -1.92. The van der Waals surface area contributed by atoms with E-state index in [0.717, 1.165) is 12.2 Å². The number of carbonyl (C=O) groups is 1. The first-order valence-electron chi connectivity index (χ1n) is 7.95. The summed E-state index contributed by atoms with van der Waals surface area (Å²) in [5.41, 5.74) is 0.382. The van der Waals surface area contributed by atoms with Crippen LogP contribution in [0.15, 0.2) is 45.7 Å². The molecule has 2 aromatic rings. The molecule has 0 N–H and O–H groups in total. The zero-order valence-electron chi connectivity index (χ0n) is 14.0. The number of hydrogen-bond donors (Lipinski definition) is 0. The van der Waals surface area contributed by atoms with E-state index >= 15 is 0 Å². The molecule has 1 aliphatic carbocycles. The Morgan fingerprint density at radius 2 is 2.00 bits per heavy atom. The summed E-state index contributed by atoms with van der Waals surface area (Å²) in [5.74, 6) is 2.50. The normalized spacial score (nSPS) is 20.3. The molecule has 5 nitrogen and oxygen atoms in total. The number of rotatable bonds is 6. The SMILES string of the molecule is CC(=O)c1cccc(S(=O)(=O)N(C)Cc2ccc([C@H]3C[C@@H]3C)o2)c1. The minimum atomic E-state index is -3.68. The molecule has 1 aromatic heterocycles. The molecule has 1 fully saturated rings. The highest BCUT2D eigenvalue weighted by molar-refractivity contribution is 7.89. The van der Waals surface area contributed by atoms with Gasteiger partial charge in [-0.1, -0.05) is 19.1 Å². The van der Waals surface area contributed by atoms with Gasteiger partial charge in [-0.2, -0.15) is 4.31 Å². The van der Waals surface area contributed by atoms with Crippen LogP contribution in [0.2, 0.25) is 0 Å². The molecule has 3 rings (SSSR count). The number of hydrogen-bond acceptors (Lipinski definition) is 4. The predicted octanol–water partition coefficient (Wildman–Crippen LogP) is 3.43. The van der Waals surface area contributed by atoms with Crippen molar-refractivity contribution in [3.05, 3.63) is 53.5 Å². The molecule has 0 bridgehead atoms. The maximum absolute atomic E-state index is 12.7. The molecule has 2 atom stereocenters. The van der Waals surface area contributed by atoms with Gasteiger partial charge in [0.2, 0.25) is 10.0 Å². The molecular formula is C18H21NO4S. The first kappa shape index (κ1) is 16.9. The lowest BCUT2D eigenvalue weighted by Gasteiger charge is -2.16. The Bertz CT molecular complexity index is 869. The molecule has 1 saturated carbocycles. The van der Waals surface area contributed by atoms with E-state index in [1.165, 1.54) is 30.4 Å². The molecule has 1 aliphatic rings. The van der Waals surface area contributed by atoms with Crippen LogP contribution in [0.25, 0.3) is 0 Å². The van der Waals surface area contributed by atoms with Gasteiger partial charge in [0, 0.05) is 18.5 Å². The summed E-state index contributed by atoms with van der Waals surface area (Å²) in [6.45, 7) is 3.75. The average molecular weight is 347 g/mol. The van der Waals surface area contributed by atoms with Crippen molar-refractivity contribution in [2.45, 2.75) is 37.6 Å². The van der Waals surface area contributed by atoms with Crippen LogP contribution < -0.4 is 0 Å². The van der Waals surface area contributed by atoms with E-state index < -0.39 is 10.0 Å². The number of carbonyl (C=O) groups excluding carboxylic acids is 1. The van der Waals surface area contributed by atoms with Gasteiger partial charge in [-0.05, 0) is 43.5 Å². The van der Waals surface area contributed by atoms with Crippen molar-refractivity contribution in [2.24, 2.45) is 5.92 Å². The second-order valence-corrected chi connectivity index (χ2v) is 8.51. The zero-order valence-corrected chi connectivity index (χ0v) is 14.8. The zero-order chi connectivity index (χ0) is 17.5. The number of benzene rings is 1. The molecule has 128 valence electrons. The number of Topliss-reactive ketones (excluding diaryl/α,β-unsaturated/α-hetero) is 1. The third-order valence-corrected chi connectivity index (χ3v) is 6.28. The maximum atomic E-state index is 12.7. The highest BCUT2D eigenvalue weighted by Crippen LogP contribution is 2.47. The maximum Gasteiger partial charge on any atom is 0.243 e. The first-order valence-corrected chi connectivity index (χ1v) is 9.39. The molecule has 0 amide bonds. The largest absolute Gasteiger partial charge is 0.464 e. The molecule has 6 heteroatoms. The second kappa shape index (κ2) is 6.18. The van der Waals surface area contributed by atoms with Crippen molar-refractivity contribution in [2.75, 3.05) is 7.05 Å². The van der Waals surface area contributed by atoms with Crippen LogP contribution in [0.5, 0.6) is 0 Å². The monoisotopic (exact) mass is 347 g/mol. The quantitative estimate of drug-likeness (QED) is 0.751. The van der Waals surface area contributed by atoms with Gasteiger partial charge in [0.25, 0.3) is 0 Å². The van der Waals surface area contributed by atoms with E-state index in [4.69, 9.17) is 4.42 Å². The van der Waals surface area contributed by atoms with Gasteiger partial charge >= 0.3 is 0 Å². The number of furan rings is 1. The number of nitrogens with zero attached hydrogens (tertiary/aromatic N) is 1. The van der Waals surface area contributed by atoms with Crippen molar-refractivity contribution < 1.29 is 17.6 Å². The second-order valence-electron chi connectivity index (χ2n) is 6.47. The van der Waals surface area contributed by atoms with E-state index in [9.17, 15) is 13.2 Å². The summed E-state index contributed by atoms with van der Waals surface area (Å²) in [7, 11) is -2.17. The summed E-state index contributed by atoms with van der Waals surface area (Å²) < 4.78 is 32.4. The summed E-state index contributed by atoms with van der Waals surface area (Å²) >= 11 is 0. The van der Waals surface area contributed by atoms with Gasteiger partial charge in [0.1, 0.15) is 11.5 Å². The van der Waals surface area contributed by atoms with Crippen LogP contribution in [0.1, 0.15) is 48.1 Å². The van der Waals surface area contributed by atoms with Gasteiger partial charge in [-0.3, -0.25) is 4.79 Å². The topological polar surface area (TPSA) is 67.6 Å². The van der Waals surface area contributed by atoms with Crippen molar-refractivity contribution in [1.82, 2.24) is 4.31 Å². The standard InChI is InChI=1S/C18H21NO4S/c1-12-9-17(12)18-8-7-15(23-18)11-19(3)24(21,22)16-6-4-5-14(10-16)13(2)20/h4-8,10,12,17H,9,11H2,1-3H3/t12-,17-/m0/s1. The predicted molar refractivity (Wildman–Crippen MR) is 90.3 cm³/mol. The fourth-order valence-electron chi connectivity index (χ4n) is 2.76. The Morgan fingerprint density at radius 1 is 1.29 bits per heavy atom. The van der Waals surface area contributed by atoms with Crippen LogP contribution in [0, 0.1) is 5.92 Å². The Kier molecular flexibility index (Phi) is 4.36. The van der Waals surface area contributed by atoms with E-state index in [1.54, 1.807) is 12.1 Å². The lowest BCUT2D eigenvalue weighted by atomic mass is 10.2. The van der Waals surface area contributed by atoms with E-state index in [-0.39, 0.29) is 17.2 Å². The summed E-state index contributed by atoms with van der Waals surface area (Å²) in [5, 5.41) is 0. The van der Waals surface area contributed by atoms with E-state index in [1.807, 2.05) is 12.1 Å². The molecule has 1 heterocycles. The third-order valence-electron chi connectivity index (χ3n) is 4.48. The first-order chi connectivity index (χ1) is 11.3. The van der Waals surface area contributed by atoms with Crippen LogP contribution in [-0.4, -0.2) is 25.6 Å². The smallest absolute Gasteiger partial charge is 0.243 e. The Balaban J connectivity index is 1.78. The highest BCUT2D eigenvalue weighted by Gasteiger charge is 2.36. The number of ketones is 1. The van der Waals surface area contributed by atoms with Gasteiger partial charge in [-0.15, -0.1) is 0 Å². The summed E-state index contributed by atoms with van der Waals surface area (Å²) in [6, 6.07) is 9.86. The minimum absolute atomic E-state index is 0.111. The van der Waals surface area contributed by atoms with E-state index in [2.05, 4.69) is 6.92 Å². The fraction of sp³-hybridized carbons (Fsp3) is 0.389. The molecule has 0 aliphatic heterocycles. The van der Waals surface area contributed by atoms with Crippen LogP contribution in [0.3, 0.4) is 0 Å². The van der Waals surface area contributed by atoms with Gasteiger partial charge in [0.15, 0.2) is 5.78 Å². The lowest BCUT2D eigenvalue weighted by molar-refractivity contribution is 0.101.